The minimum absolute atomic E-state index is 0.163. The zero-order valence-electron chi connectivity index (χ0n) is 14.9. The van der Waals surface area contributed by atoms with E-state index in [0.717, 1.165) is 5.56 Å². The molecular formula is C21H22O5. The van der Waals surface area contributed by atoms with Gasteiger partial charge in [-0.15, -0.1) is 0 Å². The molecule has 0 radical (unpaired) electrons. The van der Waals surface area contributed by atoms with Crippen LogP contribution in [0.3, 0.4) is 0 Å². The predicted molar refractivity (Wildman–Crippen MR) is 98.5 cm³/mol. The van der Waals surface area contributed by atoms with E-state index < -0.39 is 11.9 Å². The van der Waals surface area contributed by atoms with E-state index in [1.807, 2.05) is 36.4 Å². The van der Waals surface area contributed by atoms with Crippen molar-refractivity contribution in [3.63, 3.8) is 0 Å². The monoisotopic (exact) mass is 354 g/mol. The molecule has 0 aliphatic carbocycles. The third-order valence-electron chi connectivity index (χ3n) is 3.45. The number of esters is 2. The molecular weight excluding hydrogens is 332 g/mol. The van der Waals surface area contributed by atoms with Gasteiger partial charge in [0.2, 0.25) is 0 Å². The zero-order valence-corrected chi connectivity index (χ0v) is 14.9. The van der Waals surface area contributed by atoms with Crippen LogP contribution in [0.15, 0.2) is 60.2 Å². The standard InChI is InChI=1S/C21H22O5/c1-3-24-20(22)18(21(23)25-4-2)14-17-12-8-9-13-19(17)26-15-16-10-6-5-7-11-16/h5-14H,3-4,15H2,1-2H3. The van der Waals surface area contributed by atoms with Crippen molar-refractivity contribution >= 4 is 18.0 Å². The van der Waals surface area contributed by atoms with Crippen LogP contribution >= 0.6 is 0 Å². The Hall–Kier alpha value is -3.08. The van der Waals surface area contributed by atoms with Gasteiger partial charge >= 0.3 is 11.9 Å². The van der Waals surface area contributed by atoms with Gasteiger partial charge in [-0.1, -0.05) is 48.5 Å². The molecule has 0 aliphatic rings. The van der Waals surface area contributed by atoms with Gasteiger partial charge in [-0.3, -0.25) is 0 Å². The maximum absolute atomic E-state index is 12.1. The third-order valence-corrected chi connectivity index (χ3v) is 3.45. The molecule has 0 N–H and O–H groups in total. The average molecular weight is 354 g/mol. The molecule has 0 fully saturated rings. The van der Waals surface area contributed by atoms with Crippen LogP contribution in [0.25, 0.3) is 6.08 Å². The molecule has 0 heterocycles. The van der Waals surface area contributed by atoms with Crippen LogP contribution in [0.2, 0.25) is 0 Å². The van der Waals surface area contributed by atoms with Crippen molar-refractivity contribution in [2.45, 2.75) is 20.5 Å². The van der Waals surface area contributed by atoms with Gasteiger partial charge in [0.05, 0.1) is 13.2 Å². The van der Waals surface area contributed by atoms with Gasteiger partial charge in [0.15, 0.2) is 0 Å². The summed E-state index contributed by atoms with van der Waals surface area (Å²) in [5.74, 6) is -0.880. The Balaban J connectivity index is 2.28. The predicted octanol–water partition coefficient (Wildman–Crippen LogP) is 3.78. The van der Waals surface area contributed by atoms with Gasteiger partial charge in [0.1, 0.15) is 17.9 Å². The van der Waals surface area contributed by atoms with E-state index in [2.05, 4.69) is 0 Å². The molecule has 26 heavy (non-hydrogen) atoms. The number of rotatable bonds is 8. The lowest BCUT2D eigenvalue weighted by Gasteiger charge is -2.11. The Kier molecular flexibility index (Phi) is 7.43. The molecule has 5 heteroatoms. The van der Waals surface area contributed by atoms with Crippen molar-refractivity contribution in [2.75, 3.05) is 13.2 Å². The minimum atomic E-state index is -0.719. The summed E-state index contributed by atoms with van der Waals surface area (Å²) in [7, 11) is 0. The first kappa shape index (κ1) is 19.2. The molecule has 5 nitrogen and oxygen atoms in total. The fourth-order valence-electron chi connectivity index (χ4n) is 2.24. The van der Waals surface area contributed by atoms with Gasteiger partial charge in [-0.05, 0) is 31.6 Å². The summed E-state index contributed by atoms with van der Waals surface area (Å²) in [5, 5.41) is 0. The Morgan fingerprint density at radius 2 is 1.42 bits per heavy atom. The van der Waals surface area contributed by atoms with Gasteiger partial charge in [-0.25, -0.2) is 9.59 Å². The van der Waals surface area contributed by atoms with E-state index in [9.17, 15) is 9.59 Å². The second-order valence-corrected chi connectivity index (χ2v) is 5.31. The van der Waals surface area contributed by atoms with Crippen LogP contribution in [0.4, 0.5) is 0 Å². The summed E-state index contributed by atoms with van der Waals surface area (Å²) < 4.78 is 15.8. The third kappa shape index (κ3) is 5.48. The highest BCUT2D eigenvalue weighted by atomic mass is 16.6. The Morgan fingerprint density at radius 3 is 2.04 bits per heavy atom. The van der Waals surface area contributed by atoms with Crippen LogP contribution < -0.4 is 4.74 Å². The smallest absolute Gasteiger partial charge is 0.345 e. The Morgan fingerprint density at radius 1 is 0.846 bits per heavy atom. The van der Waals surface area contributed by atoms with Crippen LogP contribution in [-0.4, -0.2) is 25.2 Å². The van der Waals surface area contributed by atoms with E-state index in [1.165, 1.54) is 6.08 Å². The number of hydrogen-bond acceptors (Lipinski definition) is 5. The highest BCUT2D eigenvalue weighted by Gasteiger charge is 2.21. The Bertz CT molecular complexity index is 745. The SMILES string of the molecule is CCOC(=O)C(=Cc1ccccc1OCc1ccccc1)C(=O)OCC. The molecule has 2 rings (SSSR count). The van der Waals surface area contributed by atoms with Gasteiger partial charge in [0, 0.05) is 5.56 Å². The summed E-state index contributed by atoms with van der Waals surface area (Å²) in [4.78, 5) is 24.2. The molecule has 2 aromatic carbocycles. The van der Waals surface area contributed by atoms with E-state index in [1.54, 1.807) is 32.0 Å². The van der Waals surface area contributed by atoms with Crippen molar-refractivity contribution in [1.29, 1.82) is 0 Å². The Labute approximate surface area is 153 Å². The number of benzene rings is 2. The molecule has 0 unspecified atom stereocenters. The van der Waals surface area contributed by atoms with Crippen LogP contribution in [0.5, 0.6) is 5.75 Å². The molecule has 0 amide bonds. The van der Waals surface area contributed by atoms with Crippen molar-refractivity contribution in [3.8, 4) is 5.75 Å². The molecule has 0 atom stereocenters. The molecule has 2 aromatic rings. The first-order valence-corrected chi connectivity index (χ1v) is 8.47. The molecule has 0 aromatic heterocycles. The van der Waals surface area contributed by atoms with E-state index in [0.29, 0.717) is 17.9 Å². The molecule has 0 bridgehead atoms. The first-order valence-electron chi connectivity index (χ1n) is 8.47. The second kappa shape index (κ2) is 10.0. The van der Waals surface area contributed by atoms with Crippen LogP contribution in [-0.2, 0) is 25.7 Å². The normalized spacial score (nSPS) is 9.92. The quantitative estimate of drug-likeness (QED) is 0.312. The highest BCUT2D eigenvalue weighted by Crippen LogP contribution is 2.23. The molecule has 0 saturated carbocycles. The van der Waals surface area contributed by atoms with Crippen molar-refractivity contribution in [3.05, 3.63) is 71.3 Å². The number of ether oxygens (including phenoxy) is 3. The lowest BCUT2D eigenvalue weighted by Crippen LogP contribution is -2.18. The average Bonchev–Trinajstić information content (AvgIpc) is 2.66. The number of carbonyl (C=O) groups excluding carboxylic acids is 2. The topological polar surface area (TPSA) is 61.8 Å². The van der Waals surface area contributed by atoms with Crippen molar-refractivity contribution < 1.29 is 23.8 Å². The molecule has 0 aliphatic heterocycles. The molecule has 0 saturated heterocycles. The fourth-order valence-corrected chi connectivity index (χ4v) is 2.24. The lowest BCUT2D eigenvalue weighted by atomic mass is 10.1. The lowest BCUT2D eigenvalue weighted by molar-refractivity contribution is -0.146. The van der Waals surface area contributed by atoms with Crippen molar-refractivity contribution in [2.24, 2.45) is 0 Å². The van der Waals surface area contributed by atoms with Crippen LogP contribution in [0, 0.1) is 0 Å². The molecule has 136 valence electrons. The van der Waals surface area contributed by atoms with E-state index in [4.69, 9.17) is 14.2 Å². The van der Waals surface area contributed by atoms with E-state index in [-0.39, 0.29) is 18.8 Å². The summed E-state index contributed by atoms with van der Waals surface area (Å²) in [6, 6.07) is 16.9. The maximum atomic E-state index is 12.1. The summed E-state index contributed by atoms with van der Waals surface area (Å²) in [6.45, 7) is 4.07. The number of carbonyl (C=O) groups is 2. The van der Waals surface area contributed by atoms with Gasteiger partial charge in [-0.2, -0.15) is 0 Å². The summed E-state index contributed by atoms with van der Waals surface area (Å²) in [6.07, 6.45) is 1.44. The summed E-state index contributed by atoms with van der Waals surface area (Å²) >= 11 is 0. The van der Waals surface area contributed by atoms with E-state index >= 15 is 0 Å². The second-order valence-electron chi connectivity index (χ2n) is 5.31. The fraction of sp³-hybridized carbons (Fsp3) is 0.238. The zero-order chi connectivity index (χ0) is 18.8. The first-order chi connectivity index (χ1) is 12.7. The number of hydrogen-bond donors (Lipinski definition) is 0. The maximum Gasteiger partial charge on any atom is 0.345 e. The van der Waals surface area contributed by atoms with Gasteiger partial charge in [0.25, 0.3) is 0 Å². The van der Waals surface area contributed by atoms with Gasteiger partial charge < -0.3 is 14.2 Å². The molecule has 0 spiro atoms. The van der Waals surface area contributed by atoms with Crippen LogP contribution in [0.1, 0.15) is 25.0 Å². The highest BCUT2D eigenvalue weighted by molar-refractivity contribution is 6.17. The van der Waals surface area contributed by atoms with Crippen molar-refractivity contribution in [1.82, 2.24) is 0 Å². The summed E-state index contributed by atoms with van der Waals surface area (Å²) in [5.41, 5.74) is 1.45. The largest absolute Gasteiger partial charge is 0.488 e. The minimum Gasteiger partial charge on any atom is -0.488 e. The number of para-hydroxylation sites is 1.